The molecular formula is C24H30N2O7. The Hall–Kier alpha value is -2.69. The maximum Gasteiger partial charge on any atom is 0.335 e. The molecule has 2 aliphatic rings. The van der Waals surface area contributed by atoms with Crippen molar-refractivity contribution in [2.24, 2.45) is 0 Å². The summed E-state index contributed by atoms with van der Waals surface area (Å²) in [5, 5.41) is 42.6. The molecule has 1 fully saturated rings. The number of aryl methyl sites for hydroxylation is 2. The topological polar surface area (TPSA) is 132 Å². The van der Waals surface area contributed by atoms with E-state index in [-0.39, 0.29) is 0 Å². The number of aliphatic carboxylic acids is 1. The standard InChI is InChI=1S/C24H30N2O7/c1-25-11-4-12-26-17-6-3-2-5-14(17)7-8-15-13-16(9-10-18(15)26)32-24-21(29)19(27)20(28)22(33-24)23(30)31/h2-3,5-6,9-10,13,19-22,24-25,27-29H,4,7-8,11-12H2,1H3,(H,30,31)/t19-,20-,21+,22-,24-/m0/s1. The van der Waals surface area contributed by atoms with Crippen LogP contribution in [0.5, 0.6) is 5.75 Å². The molecular weight excluding hydrogens is 428 g/mol. The number of nitrogens with zero attached hydrogens (tertiary/aromatic N) is 1. The van der Waals surface area contributed by atoms with Gasteiger partial charge in [-0.05, 0) is 68.2 Å². The molecule has 0 unspecified atom stereocenters. The van der Waals surface area contributed by atoms with Gasteiger partial charge in [-0.15, -0.1) is 0 Å². The molecule has 0 bridgehead atoms. The van der Waals surface area contributed by atoms with Gasteiger partial charge in [0.25, 0.3) is 0 Å². The second kappa shape index (κ2) is 10.1. The number of hydrogen-bond donors (Lipinski definition) is 5. The van der Waals surface area contributed by atoms with Crippen LogP contribution in [-0.2, 0) is 22.4 Å². The van der Waals surface area contributed by atoms with E-state index < -0.39 is 36.7 Å². The van der Waals surface area contributed by atoms with Gasteiger partial charge >= 0.3 is 5.97 Å². The fourth-order valence-electron chi connectivity index (χ4n) is 4.42. The van der Waals surface area contributed by atoms with E-state index >= 15 is 0 Å². The van der Waals surface area contributed by atoms with Gasteiger partial charge in [-0.3, -0.25) is 0 Å². The molecule has 2 aliphatic heterocycles. The SMILES string of the molecule is CNCCCN1c2ccccc2CCc2cc(O[C@H]3O[C@H](C(=O)O)[C@@H](O)[C@H](O)[C@H]3O)ccc21. The van der Waals surface area contributed by atoms with E-state index in [0.29, 0.717) is 5.75 Å². The molecule has 178 valence electrons. The lowest BCUT2D eigenvalue weighted by molar-refractivity contribution is -0.271. The van der Waals surface area contributed by atoms with Crippen molar-refractivity contribution >= 4 is 17.3 Å². The summed E-state index contributed by atoms with van der Waals surface area (Å²) in [5.41, 5.74) is 4.54. The number of aliphatic hydroxyl groups excluding tert-OH is 3. The molecule has 2 aromatic rings. The molecule has 0 aliphatic carbocycles. The highest BCUT2D eigenvalue weighted by atomic mass is 16.7. The number of carbonyl (C=O) groups is 1. The van der Waals surface area contributed by atoms with E-state index in [1.807, 2.05) is 31.3 Å². The highest BCUT2D eigenvalue weighted by Crippen LogP contribution is 2.38. The van der Waals surface area contributed by atoms with Crippen LogP contribution in [0.25, 0.3) is 0 Å². The first kappa shape index (κ1) is 23.5. The van der Waals surface area contributed by atoms with Crippen molar-refractivity contribution in [3.8, 4) is 5.75 Å². The average Bonchev–Trinajstić information content (AvgIpc) is 2.96. The van der Waals surface area contributed by atoms with Gasteiger partial charge < -0.3 is 40.1 Å². The minimum atomic E-state index is -1.76. The summed E-state index contributed by atoms with van der Waals surface area (Å²) < 4.78 is 11.0. The summed E-state index contributed by atoms with van der Waals surface area (Å²) in [6, 6.07) is 13.9. The maximum atomic E-state index is 11.4. The van der Waals surface area contributed by atoms with Crippen molar-refractivity contribution in [1.29, 1.82) is 0 Å². The molecule has 0 aromatic heterocycles. The minimum Gasteiger partial charge on any atom is -0.479 e. The van der Waals surface area contributed by atoms with Crippen molar-refractivity contribution in [1.82, 2.24) is 5.32 Å². The van der Waals surface area contributed by atoms with E-state index in [4.69, 9.17) is 9.47 Å². The second-order valence-electron chi connectivity index (χ2n) is 8.38. The lowest BCUT2D eigenvalue weighted by atomic mass is 9.99. The van der Waals surface area contributed by atoms with Crippen LogP contribution in [0.4, 0.5) is 11.4 Å². The number of anilines is 2. The number of nitrogens with one attached hydrogen (secondary N) is 1. The normalized spacial score (nSPS) is 26.8. The van der Waals surface area contributed by atoms with Gasteiger partial charge in [-0.2, -0.15) is 0 Å². The fraction of sp³-hybridized carbons (Fsp3) is 0.458. The number of ether oxygens (including phenoxy) is 2. The van der Waals surface area contributed by atoms with Gasteiger partial charge in [0.2, 0.25) is 6.29 Å². The van der Waals surface area contributed by atoms with Gasteiger partial charge in [0, 0.05) is 17.9 Å². The number of fused-ring (bicyclic) bond motifs is 2. The molecule has 5 N–H and O–H groups in total. The third-order valence-corrected chi connectivity index (χ3v) is 6.16. The summed E-state index contributed by atoms with van der Waals surface area (Å²) in [6.45, 7) is 1.73. The smallest absolute Gasteiger partial charge is 0.335 e. The Morgan fingerprint density at radius 1 is 1.06 bits per heavy atom. The van der Waals surface area contributed by atoms with Crippen molar-refractivity contribution in [2.45, 2.75) is 50.0 Å². The Morgan fingerprint density at radius 2 is 1.79 bits per heavy atom. The predicted octanol–water partition coefficient (Wildman–Crippen LogP) is 0.804. The molecule has 0 amide bonds. The van der Waals surface area contributed by atoms with Crippen LogP contribution in [0.3, 0.4) is 0 Å². The lowest BCUT2D eigenvalue weighted by Crippen LogP contribution is -2.61. The van der Waals surface area contributed by atoms with Gasteiger partial charge in [0.05, 0.1) is 0 Å². The Labute approximate surface area is 192 Å². The molecule has 2 aromatic carbocycles. The first-order chi connectivity index (χ1) is 15.9. The minimum absolute atomic E-state index is 0.381. The van der Waals surface area contributed by atoms with Crippen LogP contribution in [0.15, 0.2) is 42.5 Å². The molecule has 9 nitrogen and oxygen atoms in total. The number of benzene rings is 2. The van der Waals surface area contributed by atoms with Crippen molar-refractivity contribution in [3.05, 3.63) is 53.6 Å². The molecule has 0 saturated carbocycles. The zero-order chi connectivity index (χ0) is 23.5. The van der Waals surface area contributed by atoms with Gasteiger partial charge in [-0.1, -0.05) is 18.2 Å². The predicted molar refractivity (Wildman–Crippen MR) is 121 cm³/mol. The number of aliphatic hydroxyl groups is 3. The van der Waals surface area contributed by atoms with Crippen molar-refractivity contribution < 1.29 is 34.7 Å². The zero-order valence-corrected chi connectivity index (χ0v) is 18.4. The number of hydrogen-bond acceptors (Lipinski definition) is 8. The number of carboxylic acid groups (broad SMARTS) is 1. The molecule has 0 radical (unpaired) electrons. The Morgan fingerprint density at radius 3 is 2.55 bits per heavy atom. The summed E-state index contributed by atoms with van der Waals surface area (Å²) in [6.07, 6.45) is -5.61. The first-order valence-corrected chi connectivity index (χ1v) is 11.1. The summed E-state index contributed by atoms with van der Waals surface area (Å²) in [5.74, 6) is -1.06. The molecule has 9 heteroatoms. The summed E-state index contributed by atoms with van der Waals surface area (Å²) >= 11 is 0. The van der Waals surface area contributed by atoms with Crippen LogP contribution in [0, 0.1) is 0 Å². The fourth-order valence-corrected chi connectivity index (χ4v) is 4.42. The quantitative estimate of drug-likeness (QED) is 0.382. The van der Waals surface area contributed by atoms with Crippen LogP contribution in [0.2, 0.25) is 0 Å². The maximum absolute atomic E-state index is 11.4. The van der Waals surface area contributed by atoms with E-state index in [1.165, 1.54) is 11.3 Å². The summed E-state index contributed by atoms with van der Waals surface area (Å²) in [7, 11) is 1.93. The molecule has 5 atom stereocenters. The lowest BCUT2D eigenvalue weighted by Gasteiger charge is -2.38. The Balaban J connectivity index is 1.59. The van der Waals surface area contributed by atoms with Crippen LogP contribution in [0.1, 0.15) is 17.5 Å². The largest absolute Gasteiger partial charge is 0.479 e. The van der Waals surface area contributed by atoms with Crippen molar-refractivity contribution in [2.75, 3.05) is 25.0 Å². The number of carboxylic acids is 1. The summed E-state index contributed by atoms with van der Waals surface area (Å²) in [4.78, 5) is 13.7. The van der Waals surface area contributed by atoms with Crippen LogP contribution < -0.4 is 15.0 Å². The first-order valence-electron chi connectivity index (χ1n) is 11.1. The second-order valence-corrected chi connectivity index (χ2v) is 8.38. The third-order valence-electron chi connectivity index (χ3n) is 6.16. The van der Waals surface area contributed by atoms with E-state index in [1.54, 1.807) is 6.07 Å². The van der Waals surface area contributed by atoms with E-state index in [2.05, 4.69) is 22.3 Å². The Bertz CT molecular complexity index is 985. The molecule has 0 spiro atoms. The van der Waals surface area contributed by atoms with Gasteiger partial charge in [-0.25, -0.2) is 4.79 Å². The molecule has 1 saturated heterocycles. The molecule has 33 heavy (non-hydrogen) atoms. The van der Waals surface area contributed by atoms with Crippen LogP contribution >= 0.6 is 0 Å². The van der Waals surface area contributed by atoms with Crippen LogP contribution in [-0.4, -0.2) is 77.2 Å². The number of rotatable bonds is 7. The average molecular weight is 459 g/mol. The molecule has 4 rings (SSSR count). The van der Waals surface area contributed by atoms with Gasteiger partial charge in [0.1, 0.15) is 24.1 Å². The third kappa shape index (κ3) is 4.83. The number of para-hydroxylation sites is 1. The highest BCUT2D eigenvalue weighted by molar-refractivity contribution is 5.73. The van der Waals surface area contributed by atoms with E-state index in [0.717, 1.165) is 43.6 Å². The highest BCUT2D eigenvalue weighted by Gasteiger charge is 2.48. The monoisotopic (exact) mass is 458 g/mol. The molecule has 2 heterocycles. The van der Waals surface area contributed by atoms with E-state index in [9.17, 15) is 25.2 Å². The zero-order valence-electron chi connectivity index (χ0n) is 18.4. The van der Waals surface area contributed by atoms with Gasteiger partial charge in [0.15, 0.2) is 6.10 Å². The van der Waals surface area contributed by atoms with Crippen molar-refractivity contribution in [3.63, 3.8) is 0 Å². The Kier molecular flexibility index (Phi) is 7.16.